The SMILES string of the molecule is O=C(C[C@@]1(O)C(=O)N(Cc2ccccc2)c2ccccc21)c1ccc(Cl)cc1. The molecule has 0 bridgehead atoms. The Morgan fingerprint density at radius 2 is 1.57 bits per heavy atom. The molecule has 5 heteroatoms. The first kappa shape index (κ1) is 18.4. The molecule has 1 heterocycles. The number of anilines is 1. The molecule has 1 atom stereocenters. The van der Waals surface area contributed by atoms with Crippen LogP contribution >= 0.6 is 11.6 Å². The standard InChI is InChI=1S/C23H18ClNO3/c24-18-12-10-17(11-13-18)21(26)14-23(28)19-8-4-5-9-20(19)25(22(23)27)15-16-6-2-1-3-7-16/h1-13,28H,14-15H2/t23-/m0/s1. The molecule has 0 spiro atoms. The number of nitrogens with zero attached hydrogens (tertiary/aromatic N) is 1. The summed E-state index contributed by atoms with van der Waals surface area (Å²) in [6.45, 7) is 0.328. The van der Waals surface area contributed by atoms with E-state index < -0.39 is 11.5 Å². The van der Waals surface area contributed by atoms with Crippen LogP contribution in [0.5, 0.6) is 0 Å². The van der Waals surface area contributed by atoms with E-state index in [9.17, 15) is 14.7 Å². The average Bonchev–Trinajstić information content (AvgIpc) is 2.91. The fourth-order valence-electron chi connectivity index (χ4n) is 3.57. The van der Waals surface area contributed by atoms with E-state index in [2.05, 4.69) is 0 Å². The number of fused-ring (bicyclic) bond motifs is 1. The normalized spacial score (nSPS) is 18.2. The molecule has 0 aromatic heterocycles. The van der Waals surface area contributed by atoms with E-state index in [0.717, 1.165) is 5.56 Å². The van der Waals surface area contributed by atoms with Gasteiger partial charge < -0.3 is 10.0 Å². The molecule has 1 amide bonds. The van der Waals surface area contributed by atoms with Crippen molar-refractivity contribution in [2.45, 2.75) is 18.6 Å². The van der Waals surface area contributed by atoms with Gasteiger partial charge in [-0.15, -0.1) is 0 Å². The molecular weight excluding hydrogens is 374 g/mol. The largest absolute Gasteiger partial charge is 0.375 e. The molecule has 3 aromatic carbocycles. The van der Waals surface area contributed by atoms with Gasteiger partial charge in [0.1, 0.15) is 0 Å². The number of amides is 1. The number of carbonyl (C=O) groups excluding carboxylic acids is 2. The predicted octanol–water partition coefficient (Wildman–Crippen LogP) is 4.35. The molecule has 0 saturated carbocycles. The third-order valence-corrected chi connectivity index (χ3v) is 5.26. The van der Waals surface area contributed by atoms with Crippen LogP contribution < -0.4 is 4.90 Å². The van der Waals surface area contributed by atoms with Crippen LogP contribution in [0.2, 0.25) is 5.02 Å². The molecule has 0 aliphatic carbocycles. The minimum Gasteiger partial charge on any atom is -0.375 e. The van der Waals surface area contributed by atoms with Crippen molar-refractivity contribution in [1.82, 2.24) is 0 Å². The van der Waals surface area contributed by atoms with Crippen LogP contribution in [0.1, 0.15) is 27.9 Å². The monoisotopic (exact) mass is 391 g/mol. The fraction of sp³-hybridized carbons (Fsp3) is 0.130. The van der Waals surface area contributed by atoms with E-state index in [1.807, 2.05) is 36.4 Å². The molecular formula is C23H18ClNO3. The minimum absolute atomic E-state index is 0.316. The molecule has 1 aliphatic heterocycles. The van der Waals surface area contributed by atoms with Gasteiger partial charge in [0.25, 0.3) is 5.91 Å². The quantitative estimate of drug-likeness (QED) is 0.658. The summed E-state index contributed by atoms with van der Waals surface area (Å²) in [5, 5.41) is 11.8. The zero-order valence-corrected chi connectivity index (χ0v) is 15.8. The minimum atomic E-state index is -1.89. The van der Waals surface area contributed by atoms with E-state index in [-0.39, 0.29) is 12.2 Å². The van der Waals surface area contributed by atoms with Crippen LogP contribution in [-0.2, 0) is 16.9 Å². The summed E-state index contributed by atoms with van der Waals surface area (Å²) in [4.78, 5) is 27.5. The third-order valence-electron chi connectivity index (χ3n) is 5.01. The van der Waals surface area contributed by atoms with Gasteiger partial charge in [-0.25, -0.2) is 0 Å². The molecule has 28 heavy (non-hydrogen) atoms. The zero-order valence-electron chi connectivity index (χ0n) is 15.0. The molecule has 1 aliphatic rings. The molecule has 140 valence electrons. The Labute approximate surface area is 168 Å². The number of rotatable bonds is 5. The highest BCUT2D eigenvalue weighted by atomic mass is 35.5. The maximum Gasteiger partial charge on any atom is 0.264 e. The van der Waals surface area contributed by atoms with E-state index in [1.54, 1.807) is 47.4 Å². The van der Waals surface area contributed by atoms with E-state index in [1.165, 1.54) is 0 Å². The summed E-state index contributed by atoms with van der Waals surface area (Å²) < 4.78 is 0. The van der Waals surface area contributed by atoms with Gasteiger partial charge in [0, 0.05) is 16.1 Å². The number of hydrogen-bond acceptors (Lipinski definition) is 3. The summed E-state index contributed by atoms with van der Waals surface area (Å²) in [6.07, 6.45) is -0.324. The Hall–Kier alpha value is -2.95. The van der Waals surface area contributed by atoms with E-state index >= 15 is 0 Å². The Morgan fingerprint density at radius 1 is 0.929 bits per heavy atom. The third kappa shape index (κ3) is 3.21. The first-order chi connectivity index (χ1) is 13.5. The number of para-hydroxylation sites is 1. The number of ketones is 1. The Kier molecular flexibility index (Phi) is 4.75. The second-order valence-corrected chi connectivity index (χ2v) is 7.30. The summed E-state index contributed by atoms with van der Waals surface area (Å²) in [6, 6.07) is 23.1. The van der Waals surface area contributed by atoms with E-state index in [0.29, 0.717) is 28.4 Å². The number of Topliss-reactive ketones (excluding diaryl/α,β-unsaturated/α-hetero) is 1. The lowest BCUT2D eigenvalue weighted by Crippen LogP contribution is -2.41. The summed E-state index contributed by atoms with van der Waals surface area (Å²) in [5.41, 5.74) is 0.548. The van der Waals surface area contributed by atoms with Crippen molar-refractivity contribution in [3.05, 3.63) is 101 Å². The van der Waals surface area contributed by atoms with Crippen molar-refractivity contribution in [1.29, 1.82) is 0 Å². The molecule has 0 fully saturated rings. The van der Waals surface area contributed by atoms with Crippen molar-refractivity contribution in [3.8, 4) is 0 Å². The van der Waals surface area contributed by atoms with Gasteiger partial charge in [0.05, 0.1) is 18.7 Å². The van der Waals surface area contributed by atoms with Gasteiger partial charge in [-0.05, 0) is 35.9 Å². The maximum absolute atomic E-state index is 13.2. The van der Waals surface area contributed by atoms with Gasteiger partial charge in [0.15, 0.2) is 11.4 Å². The molecule has 0 radical (unpaired) electrons. The zero-order chi connectivity index (χ0) is 19.7. The van der Waals surface area contributed by atoms with Gasteiger partial charge in [-0.1, -0.05) is 60.1 Å². The lowest BCUT2D eigenvalue weighted by Gasteiger charge is -2.23. The number of halogens is 1. The summed E-state index contributed by atoms with van der Waals surface area (Å²) in [5.74, 6) is -0.802. The second kappa shape index (κ2) is 7.23. The van der Waals surface area contributed by atoms with Crippen LogP contribution in [0.25, 0.3) is 0 Å². The lowest BCUT2D eigenvalue weighted by atomic mass is 9.88. The van der Waals surface area contributed by atoms with Gasteiger partial charge in [0.2, 0.25) is 0 Å². The molecule has 1 N–H and O–H groups in total. The molecule has 3 aromatic rings. The number of benzene rings is 3. The van der Waals surface area contributed by atoms with E-state index in [4.69, 9.17) is 11.6 Å². The Balaban J connectivity index is 1.67. The van der Waals surface area contributed by atoms with Crippen LogP contribution in [0.4, 0.5) is 5.69 Å². The van der Waals surface area contributed by atoms with Gasteiger partial charge >= 0.3 is 0 Å². The molecule has 0 saturated heterocycles. The molecule has 4 nitrogen and oxygen atoms in total. The first-order valence-electron chi connectivity index (χ1n) is 8.95. The topological polar surface area (TPSA) is 57.6 Å². The van der Waals surface area contributed by atoms with Crippen LogP contribution in [0.3, 0.4) is 0 Å². The fourth-order valence-corrected chi connectivity index (χ4v) is 3.70. The van der Waals surface area contributed by atoms with Crippen molar-refractivity contribution in [2.75, 3.05) is 4.90 Å². The molecule has 4 rings (SSSR count). The van der Waals surface area contributed by atoms with Gasteiger partial charge in [-0.3, -0.25) is 9.59 Å². The number of hydrogen-bond donors (Lipinski definition) is 1. The van der Waals surface area contributed by atoms with Crippen molar-refractivity contribution >= 4 is 29.0 Å². The Bertz CT molecular complexity index is 1030. The summed E-state index contributed by atoms with van der Waals surface area (Å²) >= 11 is 5.88. The van der Waals surface area contributed by atoms with Crippen LogP contribution in [0.15, 0.2) is 78.9 Å². The predicted molar refractivity (Wildman–Crippen MR) is 108 cm³/mol. The smallest absolute Gasteiger partial charge is 0.264 e. The highest BCUT2D eigenvalue weighted by molar-refractivity contribution is 6.30. The van der Waals surface area contributed by atoms with Crippen LogP contribution in [0, 0.1) is 0 Å². The lowest BCUT2D eigenvalue weighted by molar-refractivity contribution is -0.136. The van der Waals surface area contributed by atoms with Gasteiger partial charge in [-0.2, -0.15) is 0 Å². The second-order valence-electron chi connectivity index (χ2n) is 6.86. The maximum atomic E-state index is 13.2. The number of carbonyl (C=O) groups is 2. The highest BCUT2D eigenvalue weighted by Crippen LogP contribution is 2.43. The Morgan fingerprint density at radius 3 is 2.29 bits per heavy atom. The van der Waals surface area contributed by atoms with Crippen molar-refractivity contribution in [2.24, 2.45) is 0 Å². The van der Waals surface area contributed by atoms with Crippen molar-refractivity contribution in [3.63, 3.8) is 0 Å². The summed E-state index contributed by atoms with van der Waals surface area (Å²) in [7, 11) is 0. The van der Waals surface area contributed by atoms with Crippen LogP contribution in [-0.4, -0.2) is 16.8 Å². The van der Waals surface area contributed by atoms with Crippen molar-refractivity contribution < 1.29 is 14.7 Å². The first-order valence-corrected chi connectivity index (χ1v) is 9.33. The number of aliphatic hydroxyl groups is 1. The average molecular weight is 392 g/mol. The highest BCUT2D eigenvalue weighted by Gasteiger charge is 2.50. The molecule has 0 unspecified atom stereocenters.